The number of unbranched alkanes of at least 4 members (excludes halogenated alkanes) is 2. The van der Waals surface area contributed by atoms with Gasteiger partial charge in [0.2, 0.25) is 10.0 Å². The van der Waals surface area contributed by atoms with Crippen molar-refractivity contribution >= 4 is 21.6 Å². The summed E-state index contributed by atoms with van der Waals surface area (Å²) in [4.78, 5) is 12.7. The van der Waals surface area contributed by atoms with Crippen LogP contribution in [0.3, 0.4) is 0 Å². The average Bonchev–Trinajstić information content (AvgIpc) is 3.20. The summed E-state index contributed by atoms with van der Waals surface area (Å²) in [7, 11) is -3.64. The van der Waals surface area contributed by atoms with Crippen molar-refractivity contribution < 1.29 is 17.9 Å². The Labute approximate surface area is 172 Å². The summed E-state index contributed by atoms with van der Waals surface area (Å²) < 4.78 is 32.2. The summed E-state index contributed by atoms with van der Waals surface area (Å²) in [5.74, 6) is -0.406. The normalized spacial score (nSPS) is 19.3. The number of hydrogen-bond acceptors (Lipinski definition) is 5. The molecular weight excluding hydrogens is 390 g/mol. The Morgan fingerprint density at radius 2 is 2.03 bits per heavy atom. The molecule has 1 amide bonds. The molecular formula is C21H29N3O4S. The highest BCUT2D eigenvalue weighted by molar-refractivity contribution is 7.89. The fraction of sp³-hybridized carbons (Fsp3) is 0.524. The molecule has 0 bridgehead atoms. The van der Waals surface area contributed by atoms with Crippen LogP contribution in [0.2, 0.25) is 0 Å². The minimum atomic E-state index is -3.64. The first-order valence-corrected chi connectivity index (χ1v) is 11.7. The van der Waals surface area contributed by atoms with Gasteiger partial charge < -0.3 is 4.74 Å². The van der Waals surface area contributed by atoms with Crippen molar-refractivity contribution in [3.8, 4) is 0 Å². The van der Waals surface area contributed by atoms with E-state index >= 15 is 0 Å². The van der Waals surface area contributed by atoms with Crippen LogP contribution >= 0.6 is 0 Å². The number of ether oxygens (including phenoxy) is 1. The molecule has 1 aromatic carbocycles. The molecule has 158 valence electrons. The Balaban J connectivity index is 1.67. The lowest BCUT2D eigenvalue weighted by molar-refractivity contribution is 0.0730. The fourth-order valence-corrected chi connectivity index (χ4v) is 4.97. The fourth-order valence-electron chi connectivity index (χ4n) is 3.52. The molecule has 7 nitrogen and oxygen atoms in total. The van der Waals surface area contributed by atoms with Crippen LogP contribution < -0.4 is 5.43 Å². The zero-order valence-corrected chi connectivity index (χ0v) is 17.7. The Morgan fingerprint density at radius 1 is 1.24 bits per heavy atom. The third kappa shape index (κ3) is 5.52. The predicted molar refractivity (Wildman–Crippen MR) is 112 cm³/mol. The number of nitrogens with one attached hydrogen (secondary N) is 1. The second kappa shape index (κ2) is 10.1. The first-order chi connectivity index (χ1) is 14.0. The summed E-state index contributed by atoms with van der Waals surface area (Å²) in [6.07, 6.45) is 8.42. The van der Waals surface area contributed by atoms with Gasteiger partial charge in [0, 0.05) is 18.7 Å². The lowest BCUT2D eigenvalue weighted by Gasteiger charge is -2.26. The van der Waals surface area contributed by atoms with E-state index in [1.807, 2.05) is 0 Å². The molecule has 0 aromatic heterocycles. The van der Waals surface area contributed by atoms with Gasteiger partial charge in [-0.1, -0.05) is 31.9 Å². The molecule has 3 rings (SSSR count). The number of nitrogens with zero attached hydrogens (tertiary/aromatic N) is 2. The van der Waals surface area contributed by atoms with Crippen LogP contribution in [0.1, 0.15) is 55.8 Å². The SMILES string of the molecule is CCCCCC1=CCC/C1=N\NC(=O)c1cccc(S(=O)(=O)N2CCOCC2)c1. The Hall–Kier alpha value is -2.03. The molecule has 1 saturated heterocycles. The maximum Gasteiger partial charge on any atom is 0.271 e. The van der Waals surface area contributed by atoms with Crippen LogP contribution in [0.4, 0.5) is 0 Å². The predicted octanol–water partition coefficient (Wildman–Crippen LogP) is 3.09. The molecule has 2 aliphatic rings. The van der Waals surface area contributed by atoms with E-state index in [0.29, 0.717) is 26.3 Å². The number of amides is 1. The Kier molecular flexibility index (Phi) is 7.57. The first-order valence-electron chi connectivity index (χ1n) is 10.3. The molecule has 8 heteroatoms. The molecule has 0 radical (unpaired) electrons. The van der Waals surface area contributed by atoms with Gasteiger partial charge in [-0.25, -0.2) is 13.8 Å². The van der Waals surface area contributed by atoms with E-state index in [4.69, 9.17) is 4.74 Å². The summed E-state index contributed by atoms with van der Waals surface area (Å²) >= 11 is 0. The lowest BCUT2D eigenvalue weighted by atomic mass is 10.1. The molecule has 1 fully saturated rings. The van der Waals surface area contributed by atoms with Crippen molar-refractivity contribution in [2.45, 2.75) is 50.3 Å². The largest absolute Gasteiger partial charge is 0.379 e. The van der Waals surface area contributed by atoms with Gasteiger partial charge in [-0.3, -0.25) is 4.79 Å². The maximum atomic E-state index is 12.8. The minimum absolute atomic E-state index is 0.112. The molecule has 1 aliphatic heterocycles. The molecule has 1 aromatic rings. The zero-order valence-electron chi connectivity index (χ0n) is 16.9. The summed E-state index contributed by atoms with van der Waals surface area (Å²) in [6, 6.07) is 6.10. The first kappa shape index (κ1) is 21.7. The third-order valence-electron chi connectivity index (χ3n) is 5.19. The summed E-state index contributed by atoms with van der Waals surface area (Å²) in [6.45, 7) is 3.57. The van der Waals surface area contributed by atoms with E-state index in [9.17, 15) is 13.2 Å². The summed E-state index contributed by atoms with van der Waals surface area (Å²) in [5.41, 5.74) is 5.01. The van der Waals surface area contributed by atoms with Crippen LogP contribution in [-0.2, 0) is 14.8 Å². The Bertz CT molecular complexity index is 887. The standard InChI is InChI=1S/C21H29N3O4S/c1-2-3-4-7-17-8-6-11-20(17)22-23-21(25)18-9-5-10-19(16-18)29(26,27)24-12-14-28-15-13-24/h5,8-10,16H,2-4,6-7,11-15H2,1H3,(H,23,25)/b22-20+. The van der Waals surface area contributed by atoms with E-state index in [0.717, 1.165) is 31.4 Å². The van der Waals surface area contributed by atoms with Crippen molar-refractivity contribution in [1.82, 2.24) is 9.73 Å². The molecule has 0 saturated carbocycles. The Morgan fingerprint density at radius 3 is 2.79 bits per heavy atom. The lowest BCUT2D eigenvalue weighted by Crippen LogP contribution is -2.40. The van der Waals surface area contributed by atoms with Crippen molar-refractivity contribution in [2.24, 2.45) is 5.10 Å². The van der Waals surface area contributed by atoms with Crippen LogP contribution in [0.15, 0.2) is 45.9 Å². The number of morpholine rings is 1. The van der Waals surface area contributed by atoms with Crippen LogP contribution in [0.5, 0.6) is 0 Å². The number of hydrazone groups is 1. The van der Waals surface area contributed by atoms with E-state index in [2.05, 4.69) is 23.5 Å². The summed E-state index contributed by atoms with van der Waals surface area (Å²) in [5, 5.41) is 4.31. The van der Waals surface area contributed by atoms with Gasteiger partial charge in [-0.05, 0) is 49.5 Å². The number of rotatable bonds is 8. The molecule has 0 atom stereocenters. The van der Waals surface area contributed by atoms with Crippen molar-refractivity contribution in [1.29, 1.82) is 0 Å². The quantitative estimate of drug-likeness (QED) is 0.518. The highest BCUT2D eigenvalue weighted by atomic mass is 32.2. The number of sulfonamides is 1. The van der Waals surface area contributed by atoms with Gasteiger partial charge in [0.1, 0.15) is 0 Å². The van der Waals surface area contributed by atoms with Gasteiger partial charge in [0.25, 0.3) is 5.91 Å². The third-order valence-corrected chi connectivity index (χ3v) is 7.08. The number of allylic oxidation sites excluding steroid dienone is 2. The molecule has 29 heavy (non-hydrogen) atoms. The monoisotopic (exact) mass is 419 g/mol. The second-order valence-corrected chi connectivity index (χ2v) is 9.21. The molecule has 0 unspecified atom stereocenters. The molecule has 1 heterocycles. The van der Waals surface area contributed by atoms with Crippen molar-refractivity contribution in [2.75, 3.05) is 26.3 Å². The van der Waals surface area contributed by atoms with Gasteiger partial charge >= 0.3 is 0 Å². The zero-order chi connectivity index (χ0) is 20.7. The second-order valence-electron chi connectivity index (χ2n) is 7.27. The van der Waals surface area contributed by atoms with E-state index in [1.54, 1.807) is 12.1 Å². The van der Waals surface area contributed by atoms with E-state index in [-0.39, 0.29) is 10.5 Å². The number of carbonyl (C=O) groups is 1. The van der Waals surface area contributed by atoms with Crippen LogP contribution in [0.25, 0.3) is 0 Å². The van der Waals surface area contributed by atoms with Gasteiger partial charge in [0.15, 0.2) is 0 Å². The number of hydrogen-bond donors (Lipinski definition) is 1. The number of benzene rings is 1. The van der Waals surface area contributed by atoms with Crippen molar-refractivity contribution in [3.63, 3.8) is 0 Å². The highest BCUT2D eigenvalue weighted by Gasteiger charge is 2.27. The minimum Gasteiger partial charge on any atom is -0.379 e. The van der Waals surface area contributed by atoms with E-state index in [1.165, 1.54) is 34.9 Å². The maximum absolute atomic E-state index is 12.8. The molecule has 1 aliphatic carbocycles. The van der Waals surface area contributed by atoms with Crippen LogP contribution in [-0.4, -0.2) is 50.6 Å². The van der Waals surface area contributed by atoms with E-state index < -0.39 is 15.9 Å². The van der Waals surface area contributed by atoms with Crippen LogP contribution in [0, 0.1) is 0 Å². The topological polar surface area (TPSA) is 88.1 Å². The molecule has 0 spiro atoms. The van der Waals surface area contributed by atoms with Crippen molar-refractivity contribution in [3.05, 3.63) is 41.5 Å². The number of carbonyl (C=O) groups excluding carboxylic acids is 1. The smallest absolute Gasteiger partial charge is 0.271 e. The average molecular weight is 420 g/mol. The van der Waals surface area contributed by atoms with Gasteiger partial charge in [0.05, 0.1) is 23.8 Å². The van der Waals surface area contributed by atoms with Gasteiger partial charge in [-0.2, -0.15) is 9.41 Å². The van der Waals surface area contributed by atoms with Gasteiger partial charge in [-0.15, -0.1) is 0 Å². The highest BCUT2D eigenvalue weighted by Crippen LogP contribution is 2.21. The molecule has 1 N–H and O–H groups in total.